The van der Waals surface area contributed by atoms with Gasteiger partial charge in [-0.15, -0.1) is 0 Å². The van der Waals surface area contributed by atoms with Crippen molar-refractivity contribution in [2.24, 2.45) is 16.7 Å². The standard InChI is InChI=1S/C18H36O2Si/c1-16(2,3)21(7,8)20-14-12-13(19)15-17(4,5)10-9-11-18(14,15)6/h13-15,19H,9-12H2,1-8H3/t13-,14-,15-,18+/m0/s1. The van der Waals surface area contributed by atoms with Crippen molar-refractivity contribution in [3.63, 3.8) is 0 Å². The molecule has 2 fully saturated rings. The van der Waals surface area contributed by atoms with Gasteiger partial charge in [0, 0.05) is 0 Å². The van der Waals surface area contributed by atoms with Gasteiger partial charge < -0.3 is 9.53 Å². The molecule has 21 heavy (non-hydrogen) atoms. The molecule has 1 N–H and O–H groups in total. The molecule has 0 aromatic rings. The van der Waals surface area contributed by atoms with Crippen LogP contribution in [-0.4, -0.2) is 25.6 Å². The first-order valence-electron chi connectivity index (χ1n) is 8.67. The molecule has 0 aromatic heterocycles. The van der Waals surface area contributed by atoms with E-state index in [0.717, 1.165) is 6.42 Å². The van der Waals surface area contributed by atoms with E-state index in [9.17, 15) is 5.11 Å². The van der Waals surface area contributed by atoms with Crippen LogP contribution in [0.25, 0.3) is 0 Å². The first kappa shape index (κ1) is 17.5. The number of rotatable bonds is 2. The molecule has 0 saturated heterocycles. The molecule has 0 unspecified atom stereocenters. The Kier molecular flexibility index (Phi) is 4.22. The summed E-state index contributed by atoms with van der Waals surface area (Å²) in [6, 6.07) is 0. The van der Waals surface area contributed by atoms with E-state index in [1.165, 1.54) is 19.3 Å². The largest absolute Gasteiger partial charge is 0.413 e. The number of aliphatic hydroxyl groups is 1. The van der Waals surface area contributed by atoms with E-state index in [4.69, 9.17) is 4.43 Å². The van der Waals surface area contributed by atoms with Crippen LogP contribution in [0.2, 0.25) is 18.1 Å². The Balaban J connectivity index is 2.27. The first-order valence-corrected chi connectivity index (χ1v) is 11.6. The van der Waals surface area contributed by atoms with E-state index in [1.54, 1.807) is 0 Å². The number of hydrogen-bond donors (Lipinski definition) is 1. The summed E-state index contributed by atoms with van der Waals surface area (Å²) in [6.07, 6.45) is 4.58. The zero-order chi connectivity index (χ0) is 16.3. The van der Waals surface area contributed by atoms with Crippen LogP contribution in [0.5, 0.6) is 0 Å². The maximum atomic E-state index is 10.7. The Morgan fingerprint density at radius 1 is 1.10 bits per heavy atom. The van der Waals surface area contributed by atoms with Gasteiger partial charge in [-0.3, -0.25) is 0 Å². The summed E-state index contributed by atoms with van der Waals surface area (Å²) in [7, 11) is -1.78. The summed E-state index contributed by atoms with van der Waals surface area (Å²) in [5, 5.41) is 11.0. The van der Waals surface area contributed by atoms with E-state index < -0.39 is 8.32 Å². The zero-order valence-electron chi connectivity index (χ0n) is 15.4. The lowest BCUT2D eigenvalue weighted by molar-refractivity contribution is -0.0625. The van der Waals surface area contributed by atoms with Crippen LogP contribution in [0.1, 0.15) is 67.2 Å². The van der Waals surface area contributed by atoms with Crippen LogP contribution < -0.4 is 0 Å². The lowest BCUT2D eigenvalue weighted by Gasteiger charge is -2.51. The first-order chi connectivity index (χ1) is 9.31. The van der Waals surface area contributed by atoms with Crippen molar-refractivity contribution in [2.75, 3.05) is 0 Å². The second kappa shape index (κ2) is 5.07. The maximum Gasteiger partial charge on any atom is 0.192 e. The van der Waals surface area contributed by atoms with Crippen molar-refractivity contribution < 1.29 is 9.53 Å². The third-order valence-electron chi connectivity index (χ3n) is 6.91. The van der Waals surface area contributed by atoms with Crippen LogP contribution in [0.3, 0.4) is 0 Å². The van der Waals surface area contributed by atoms with Gasteiger partial charge in [-0.1, -0.05) is 48.0 Å². The van der Waals surface area contributed by atoms with Crippen molar-refractivity contribution in [1.29, 1.82) is 0 Å². The van der Waals surface area contributed by atoms with Gasteiger partial charge in [-0.25, -0.2) is 0 Å². The van der Waals surface area contributed by atoms with Crippen LogP contribution in [-0.2, 0) is 4.43 Å². The molecule has 0 heterocycles. The fraction of sp³-hybridized carbons (Fsp3) is 1.00. The molecule has 4 atom stereocenters. The molecule has 0 radical (unpaired) electrons. The molecule has 0 bridgehead atoms. The summed E-state index contributed by atoms with van der Waals surface area (Å²) < 4.78 is 6.78. The average Bonchev–Trinajstić information content (AvgIpc) is 2.48. The molecule has 3 heteroatoms. The zero-order valence-corrected chi connectivity index (χ0v) is 16.4. The Bertz CT molecular complexity index is 397. The quantitative estimate of drug-likeness (QED) is 0.729. The van der Waals surface area contributed by atoms with Crippen molar-refractivity contribution in [2.45, 2.75) is 97.6 Å². The molecule has 2 nitrogen and oxygen atoms in total. The molecule has 2 aliphatic carbocycles. The predicted molar refractivity (Wildman–Crippen MR) is 91.9 cm³/mol. The fourth-order valence-corrected chi connectivity index (χ4v) is 6.22. The highest BCUT2D eigenvalue weighted by Gasteiger charge is 2.60. The minimum absolute atomic E-state index is 0.149. The summed E-state index contributed by atoms with van der Waals surface area (Å²) in [5.41, 5.74) is 0.384. The molecule has 0 spiro atoms. The highest BCUT2D eigenvalue weighted by Crippen LogP contribution is 2.60. The van der Waals surface area contributed by atoms with E-state index in [-0.39, 0.29) is 28.1 Å². The maximum absolute atomic E-state index is 10.7. The summed E-state index contributed by atoms with van der Waals surface area (Å²) >= 11 is 0. The van der Waals surface area contributed by atoms with Crippen molar-refractivity contribution >= 4 is 8.32 Å². The van der Waals surface area contributed by atoms with Crippen molar-refractivity contribution in [1.82, 2.24) is 0 Å². The topological polar surface area (TPSA) is 29.5 Å². The van der Waals surface area contributed by atoms with Gasteiger partial charge in [0.15, 0.2) is 8.32 Å². The SMILES string of the molecule is CC1(C)CCC[C@]2(C)[C@@H](O[Si](C)(C)C(C)(C)C)C[C@H](O)[C@@H]12. The molecule has 124 valence electrons. The molecule has 0 aromatic carbocycles. The lowest BCUT2D eigenvalue weighted by Crippen LogP contribution is -2.51. The highest BCUT2D eigenvalue weighted by molar-refractivity contribution is 6.74. The van der Waals surface area contributed by atoms with Gasteiger partial charge in [0.05, 0.1) is 12.2 Å². The van der Waals surface area contributed by atoms with E-state index >= 15 is 0 Å². The number of aliphatic hydroxyl groups excluding tert-OH is 1. The molecular formula is C18H36O2Si. The van der Waals surface area contributed by atoms with Gasteiger partial charge in [-0.2, -0.15) is 0 Å². The molecule has 0 aliphatic heterocycles. The normalized spacial score (nSPS) is 40.1. The molecule has 0 amide bonds. The molecule has 2 aliphatic rings. The molecule has 2 saturated carbocycles. The molecular weight excluding hydrogens is 276 g/mol. The van der Waals surface area contributed by atoms with Crippen LogP contribution >= 0.6 is 0 Å². The summed E-state index contributed by atoms with van der Waals surface area (Å²) in [6.45, 7) is 18.6. The minimum atomic E-state index is -1.78. The number of fused-ring (bicyclic) bond motifs is 1. The Labute approximate surface area is 132 Å². The average molecular weight is 313 g/mol. The number of hydrogen-bond acceptors (Lipinski definition) is 2. The van der Waals surface area contributed by atoms with Crippen LogP contribution in [0.15, 0.2) is 0 Å². The fourth-order valence-electron chi connectivity index (χ4n) is 4.79. The molecule has 2 rings (SSSR count). The predicted octanol–water partition coefficient (Wildman–Crippen LogP) is 4.97. The van der Waals surface area contributed by atoms with Crippen LogP contribution in [0, 0.1) is 16.7 Å². The monoisotopic (exact) mass is 312 g/mol. The third-order valence-corrected chi connectivity index (χ3v) is 11.4. The van der Waals surface area contributed by atoms with Gasteiger partial charge in [-0.05, 0) is 54.1 Å². The van der Waals surface area contributed by atoms with Crippen LogP contribution in [0.4, 0.5) is 0 Å². The smallest absolute Gasteiger partial charge is 0.192 e. The van der Waals surface area contributed by atoms with E-state index in [2.05, 4.69) is 54.6 Å². The van der Waals surface area contributed by atoms with Crippen molar-refractivity contribution in [3.8, 4) is 0 Å². The summed E-state index contributed by atoms with van der Waals surface area (Å²) in [5.74, 6) is 0.383. The minimum Gasteiger partial charge on any atom is -0.413 e. The van der Waals surface area contributed by atoms with Gasteiger partial charge in [0.1, 0.15) is 0 Å². The summed E-state index contributed by atoms with van der Waals surface area (Å²) in [4.78, 5) is 0. The van der Waals surface area contributed by atoms with Gasteiger partial charge in [0.2, 0.25) is 0 Å². The van der Waals surface area contributed by atoms with Gasteiger partial charge in [0.25, 0.3) is 0 Å². The second-order valence-corrected chi connectivity index (χ2v) is 14.8. The second-order valence-electron chi connectivity index (χ2n) is 10.00. The third kappa shape index (κ3) is 2.86. The Morgan fingerprint density at radius 3 is 2.19 bits per heavy atom. The van der Waals surface area contributed by atoms with Gasteiger partial charge >= 0.3 is 0 Å². The highest BCUT2D eigenvalue weighted by atomic mass is 28.4. The lowest BCUT2D eigenvalue weighted by atomic mass is 9.57. The Morgan fingerprint density at radius 2 is 1.67 bits per heavy atom. The van der Waals surface area contributed by atoms with Crippen molar-refractivity contribution in [3.05, 3.63) is 0 Å². The Hall–Kier alpha value is 0.137. The van der Waals surface area contributed by atoms with E-state index in [1.807, 2.05) is 0 Å². The van der Waals surface area contributed by atoms with E-state index in [0.29, 0.717) is 5.92 Å².